The number of hydrogen-bond donors (Lipinski definition) is 2. The molecule has 1 rings (SSSR count). The Labute approximate surface area is 94.4 Å². The molecule has 0 atom stereocenters. The Bertz CT molecular complexity index is 495. The number of rotatable bonds is 2. The lowest BCUT2D eigenvalue weighted by Crippen LogP contribution is -1.99. The van der Waals surface area contributed by atoms with Crippen LogP contribution in [0.1, 0.15) is 5.56 Å². The van der Waals surface area contributed by atoms with Gasteiger partial charge in [-0.3, -0.25) is 9.11 Å². The number of hydrogen-bond acceptors (Lipinski definition) is 4. The molecule has 0 fully saturated rings. The van der Waals surface area contributed by atoms with Gasteiger partial charge in [-0.2, -0.15) is 8.42 Å². The average molecular weight is 268 g/mol. The molecule has 0 bridgehead atoms. The first kappa shape index (κ1) is 15.0. The molecule has 8 heteroatoms. The molecule has 2 N–H and O–H groups in total. The van der Waals surface area contributed by atoms with Crippen LogP contribution in [0.25, 0.3) is 0 Å². The van der Waals surface area contributed by atoms with Gasteiger partial charge in [-0.05, 0) is 5.56 Å². The fourth-order valence-electron chi connectivity index (χ4n) is 0.877. The quantitative estimate of drug-likeness (QED) is 0.759. The molecular weight excluding hydrogens is 256 g/mol. The van der Waals surface area contributed by atoms with Gasteiger partial charge >= 0.3 is 10.4 Å². The summed E-state index contributed by atoms with van der Waals surface area (Å²) < 4.78 is 53.2. The molecule has 0 aromatic heterocycles. The van der Waals surface area contributed by atoms with Crippen LogP contribution in [-0.4, -0.2) is 32.2 Å². The summed E-state index contributed by atoms with van der Waals surface area (Å²) in [6, 6.07) is 9.15. The van der Waals surface area contributed by atoms with Crippen molar-refractivity contribution in [1.29, 1.82) is 0 Å². The lowest BCUT2D eigenvalue weighted by Gasteiger charge is -1.96. The molecule has 0 aliphatic rings. The third-order valence-corrected chi connectivity index (χ3v) is 2.13. The van der Waals surface area contributed by atoms with E-state index in [1.54, 1.807) is 12.1 Å². The molecule has 0 saturated heterocycles. The van der Waals surface area contributed by atoms with Gasteiger partial charge < -0.3 is 0 Å². The van der Waals surface area contributed by atoms with Crippen LogP contribution in [0, 0.1) is 0 Å². The molecule has 1 aromatic carbocycles. The second-order valence-electron chi connectivity index (χ2n) is 3.00. The summed E-state index contributed by atoms with van der Waals surface area (Å²) in [4.78, 5) is 0. The van der Waals surface area contributed by atoms with E-state index in [1.165, 1.54) is 6.26 Å². The molecular formula is C8H12O6S2. The van der Waals surface area contributed by atoms with Crippen molar-refractivity contribution in [2.24, 2.45) is 0 Å². The highest BCUT2D eigenvalue weighted by Crippen LogP contribution is 2.02. The molecule has 0 radical (unpaired) electrons. The Morgan fingerprint density at radius 1 is 1.00 bits per heavy atom. The minimum atomic E-state index is -4.67. The first-order chi connectivity index (χ1) is 7.08. The van der Waals surface area contributed by atoms with Crippen molar-refractivity contribution in [3.8, 4) is 0 Å². The topological polar surface area (TPSA) is 109 Å². The van der Waals surface area contributed by atoms with Gasteiger partial charge in [0, 0.05) is 6.26 Å². The SMILES string of the molecule is CS(=O)(=O)Cc1ccccc1.O=S(=O)(O)O. The summed E-state index contributed by atoms with van der Waals surface area (Å²) in [7, 11) is -7.54. The fourth-order valence-corrected chi connectivity index (χ4v) is 1.67. The van der Waals surface area contributed by atoms with E-state index in [1.807, 2.05) is 18.2 Å². The van der Waals surface area contributed by atoms with Gasteiger partial charge in [0.05, 0.1) is 5.75 Å². The summed E-state index contributed by atoms with van der Waals surface area (Å²) in [6.45, 7) is 0. The zero-order valence-corrected chi connectivity index (χ0v) is 10.1. The van der Waals surface area contributed by atoms with E-state index in [4.69, 9.17) is 17.5 Å². The molecule has 0 saturated carbocycles. The molecule has 16 heavy (non-hydrogen) atoms. The third-order valence-electron chi connectivity index (χ3n) is 1.27. The van der Waals surface area contributed by atoms with E-state index in [2.05, 4.69) is 0 Å². The van der Waals surface area contributed by atoms with Crippen LogP contribution in [0.2, 0.25) is 0 Å². The van der Waals surface area contributed by atoms with Gasteiger partial charge in [-0.25, -0.2) is 8.42 Å². The third kappa shape index (κ3) is 13.0. The molecule has 0 aliphatic carbocycles. The Kier molecular flexibility index (Phi) is 5.59. The minimum absolute atomic E-state index is 0.133. The van der Waals surface area contributed by atoms with E-state index in [9.17, 15) is 8.42 Å². The highest BCUT2D eigenvalue weighted by Gasteiger charge is 2.01. The second kappa shape index (κ2) is 5.94. The zero-order valence-electron chi connectivity index (χ0n) is 8.44. The van der Waals surface area contributed by atoms with E-state index in [0.29, 0.717) is 0 Å². The lowest BCUT2D eigenvalue weighted by molar-refractivity contribution is 0.381. The standard InChI is InChI=1S/C8H10O2S.H2O4S/c1-11(9,10)7-8-5-3-2-4-6-8;1-5(2,3)4/h2-6H,7H2,1H3;(H2,1,2,3,4). The molecule has 6 nitrogen and oxygen atoms in total. The van der Waals surface area contributed by atoms with Crippen LogP contribution in [0.4, 0.5) is 0 Å². The first-order valence-corrected chi connectivity index (χ1v) is 7.45. The summed E-state index contributed by atoms with van der Waals surface area (Å²) in [5, 5.41) is 0. The fraction of sp³-hybridized carbons (Fsp3) is 0.250. The summed E-state index contributed by atoms with van der Waals surface area (Å²) >= 11 is 0. The van der Waals surface area contributed by atoms with Gasteiger partial charge in [0.2, 0.25) is 0 Å². The van der Waals surface area contributed by atoms with Gasteiger partial charge in [0.25, 0.3) is 0 Å². The second-order valence-corrected chi connectivity index (χ2v) is 6.04. The molecule has 0 heterocycles. The van der Waals surface area contributed by atoms with Crippen LogP contribution in [0.15, 0.2) is 30.3 Å². The van der Waals surface area contributed by atoms with Gasteiger partial charge in [-0.15, -0.1) is 0 Å². The largest absolute Gasteiger partial charge is 0.394 e. The molecule has 0 spiro atoms. The highest BCUT2D eigenvalue weighted by molar-refractivity contribution is 7.89. The van der Waals surface area contributed by atoms with Crippen LogP contribution < -0.4 is 0 Å². The Hall–Kier alpha value is -0.960. The maximum Gasteiger partial charge on any atom is 0.394 e. The Balaban J connectivity index is 0.000000385. The molecule has 1 aromatic rings. The van der Waals surface area contributed by atoms with Crippen molar-refractivity contribution >= 4 is 20.2 Å². The predicted molar refractivity (Wildman–Crippen MR) is 59.2 cm³/mol. The minimum Gasteiger partial charge on any atom is -0.264 e. The molecule has 0 unspecified atom stereocenters. The van der Waals surface area contributed by atoms with Crippen molar-refractivity contribution in [2.45, 2.75) is 5.75 Å². The zero-order chi connectivity index (χ0) is 12.8. The van der Waals surface area contributed by atoms with Gasteiger partial charge in [0.15, 0.2) is 9.84 Å². The Morgan fingerprint density at radius 3 is 1.69 bits per heavy atom. The van der Waals surface area contributed by atoms with E-state index >= 15 is 0 Å². The van der Waals surface area contributed by atoms with E-state index in [-0.39, 0.29) is 5.75 Å². The summed E-state index contributed by atoms with van der Waals surface area (Å²) in [5.41, 5.74) is 0.843. The van der Waals surface area contributed by atoms with Gasteiger partial charge in [-0.1, -0.05) is 30.3 Å². The van der Waals surface area contributed by atoms with Crippen LogP contribution in [0.3, 0.4) is 0 Å². The predicted octanol–water partition coefficient (Wildman–Crippen LogP) is 0.578. The molecule has 92 valence electrons. The van der Waals surface area contributed by atoms with Crippen LogP contribution in [0.5, 0.6) is 0 Å². The van der Waals surface area contributed by atoms with E-state index in [0.717, 1.165) is 5.56 Å². The van der Waals surface area contributed by atoms with Crippen molar-refractivity contribution < 1.29 is 25.9 Å². The molecule has 0 amide bonds. The van der Waals surface area contributed by atoms with Crippen molar-refractivity contribution in [3.63, 3.8) is 0 Å². The summed E-state index contributed by atoms with van der Waals surface area (Å²) in [5.74, 6) is 0.133. The lowest BCUT2D eigenvalue weighted by atomic mass is 10.2. The summed E-state index contributed by atoms with van der Waals surface area (Å²) in [6.07, 6.45) is 1.24. The van der Waals surface area contributed by atoms with E-state index < -0.39 is 20.2 Å². The monoisotopic (exact) mass is 268 g/mol. The van der Waals surface area contributed by atoms with Crippen molar-refractivity contribution in [1.82, 2.24) is 0 Å². The maximum atomic E-state index is 10.8. The smallest absolute Gasteiger partial charge is 0.264 e. The van der Waals surface area contributed by atoms with Gasteiger partial charge in [0.1, 0.15) is 0 Å². The van der Waals surface area contributed by atoms with Crippen LogP contribution >= 0.6 is 0 Å². The van der Waals surface area contributed by atoms with Crippen molar-refractivity contribution in [2.75, 3.05) is 6.26 Å². The normalized spacial score (nSPS) is 11.4. The number of benzene rings is 1. The van der Waals surface area contributed by atoms with Crippen molar-refractivity contribution in [3.05, 3.63) is 35.9 Å². The highest BCUT2D eigenvalue weighted by atomic mass is 32.3. The average Bonchev–Trinajstić information content (AvgIpc) is 1.99. The molecule has 0 aliphatic heterocycles. The van der Waals surface area contributed by atoms with Crippen LogP contribution in [-0.2, 0) is 26.0 Å². The maximum absolute atomic E-state index is 10.8. The Morgan fingerprint density at radius 2 is 1.38 bits per heavy atom. The number of sulfone groups is 1. The first-order valence-electron chi connectivity index (χ1n) is 3.99.